The highest BCUT2D eigenvalue weighted by Crippen LogP contribution is 2.10. The van der Waals surface area contributed by atoms with Crippen LogP contribution >= 0.6 is 0 Å². The lowest BCUT2D eigenvalue weighted by molar-refractivity contribution is -0.135. The highest BCUT2D eigenvalue weighted by Gasteiger charge is 2.23. The molecule has 5 heteroatoms. The number of carbonyl (C=O) groups excluding carboxylic acids is 2. The van der Waals surface area contributed by atoms with Crippen molar-refractivity contribution in [2.24, 2.45) is 11.5 Å². The number of hydrogen-bond donors (Lipinski definition) is 2. The van der Waals surface area contributed by atoms with Gasteiger partial charge in [-0.2, -0.15) is 0 Å². The standard InChI is InChI=1S/C9H17N3O2/c10-7(6-8(11)13)9(14)12-4-2-1-3-5-12/h7H,1-6,10H2,(H2,11,13). The van der Waals surface area contributed by atoms with E-state index in [1.54, 1.807) is 4.90 Å². The van der Waals surface area contributed by atoms with Crippen LogP contribution < -0.4 is 11.5 Å². The van der Waals surface area contributed by atoms with Crippen molar-refractivity contribution in [2.45, 2.75) is 31.7 Å². The topological polar surface area (TPSA) is 89.4 Å². The monoisotopic (exact) mass is 199 g/mol. The maximum Gasteiger partial charge on any atom is 0.240 e. The van der Waals surface area contributed by atoms with E-state index in [0.29, 0.717) is 0 Å². The van der Waals surface area contributed by atoms with Crippen molar-refractivity contribution < 1.29 is 9.59 Å². The third kappa shape index (κ3) is 2.99. The van der Waals surface area contributed by atoms with Crippen LogP contribution in [0, 0.1) is 0 Å². The highest BCUT2D eigenvalue weighted by molar-refractivity contribution is 5.87. The molecule has 2 amide bonds. The Morgan fingerprint density at radius 1 is 1.21 bits per heavy atom. The van der Waals surface area contributed by atoms with Gasteiger partial charge in [-0.05, 0) is 19.3 Å². The van der Waals surface area contributed by atoms with Gasteiger partial charge >= 0.3 is 0 Å². The number of hydrogen-bond acceptors (Lipinski definition) is 3. The zero-order valence-corrected chi connectivity index (χ0v) is 8.24. The zero-order valence-electron chi connectivity index (χ0n) is 8.24. The average Bonchev–Trinajstić information content (AvgIpc) is 2.17. The summed E-state index contributed by atoms with van der Waals surface area (Å²) in [6.45, 7) is 1.51. The van der Waals surface area contributed by atoms with Crippen LogP contribution in [0.1, 0.15) is 25.7 Å². The molecule has 1 aliphatic rings. The molecule has 0 aromatic carbocycles. The molecule has 0 saturated carbocycles. The van der Waals surface area contributed by atoms with Gasteiger partial charge in [-0.3, -0.25) is 9.59 Å². The van der Waals surface area contributed by atoms with E-state index in [0.717, 1.165) is 32.4 Å². The fourth-order valence-electron chi connectivity index (χ4n) is 1.65. The predicted molar refractivity (Wildman–Crippen MR) is 52.2 cm³/mol. The third-order valence-electron chi connectivity index (χ3n) is 2.41. The molecule has 80 valence electrons. The normalized spacial score (nSPS) is 19.1. The summed E-state index contributed by atoms with van der Waals surface area (Å²) in [6, 6.07) is -0.759. The van der Waals surface area contributed by atoms with Gasteiger partial charge in [-0.25, -0.2) is 0 Å². The highest BCUT2D eigenvalue weighted by atomic mass is 16.2. The van der Waals surface area contributed by atoms with Crippen LogP contribution in [0.2, 0.25) is 0 Å². The molecule has 1 fully saturated rings. The Morgan fingerprint density at radius 2 is 1.79 bits per heavy atom. The molecule has 14 heavy (non-hydrogen) atoms. The van der Waals surface area contributed by atoms with Crippen LogP contribution in [0.4, 0.5) is 0 Å². The fraction of sp³-hybridized carbons (Fsp3) is 0.778. The minimum Gasteiger partial charge on any atom is -0.370 e. The molecule has 0 bridgehead atoms. The number of piperidine rings is 1. The van der Waals surface area contributed by atoms with Gasteiger partial charge in [-0.1, -0.05) is 0 Å². The molecule has 0 radical (unpaired) electrons. The van der Waals surface area contributed by atoms with Gasteiger partial charge in [0.15, 0.2) is 0 Å². The Morgan fingerprint density at radius 3 is 2.29 bits per heavy atom. The van der Waals surface area contributed by atoms with Crippen LogP contribution in [0.25, 0.3) is 0 Å². The van der Waals surface area contributed by atoms with Crippen molar-refractivity contribution in [1.29, 1.82) is 0 Å². The van der Waals surface area contributed by atoms with Crippen LogP contribution in [0.5, 0.6) is 0 Å². The van der Waals surface area contributed by atoms with Crippen molar-refractivity contribution in [3.63, 3.8) is 0 Å². The average molecular weight is 199 g/mol. The summed E-state index contributed by atoms with van der Waals surface area (Å²) < 4.78 is 0. The number of carbonyl (C=O) groups is 2. The van der Waals surface area contributed by atoms with Crippen LogP contribution in [0.15, 0.2) is 0 Å². The summed E-state index contributed by atoms with van der Waals surface area (Å²) in [5.41, 5.74) is 10.5. The predicted octanol–water partition coefficient (Wildman–Crippen LogP) is -0.798. The first-order chi connectivity index (χ1) is 6.61. The fourth-order valence-corrected chi connectivity index (χ4v) is 1.65. The zero-order chi connectivity index (χ0) is 10.6. The molecule has 1 unspecified atom stereocenters. The second kappa shape index (κ2) is 4.95. The number of primary amides is 1. The Bertz CT molecular complexity index is 224. The molecule has 0 aromatic rings. The van der Waals surface area contributed by atoms with Crippen molar-refractivity contribution in [2.75, 3.05) is 13.1 Å². The van der Waals surface area contributed by atoms with E-state index in [1.807, 2.05) is 0 Å². The van der Waals surface area contributed by atoms with Crippen LogP contribution in [0.3, 0.4) is 0 Å². The van der Waals surface area contributed by atoms with E-state index in [9.17, 15) is 9.59 Å². The minimum atomic E-state index is -0.759. The summed E-state index contributed by atoms with van der Waals surface area (Å²) in [6.07, 6.45) is 3.15. The lowest BCUT2D eigenvalue weighted by atomic mass is 10.1. The molecular formula is C9H17N3O2. The summed E-state index contributed by atoms with van der Waals surface area (Å²) in [5.74, 6) is -0.675. The summed E-state index contributed by atoms with van der Waals surface area (Å²) in [5, 5.41) is 0. The van der Waals surface area contributed by atoms with Gasteiger partial charge in [-0.15, -0.1) is 0 Å². The van der Waals surface area contributed by atoms with Gasteiger partial charge in [0, 0.05) is 13.1 Å². The van der Waals surface area contributed by atoms with Gasteiger partial charge in [0.05, 0.1) is 12.5 Å². The Kier molecular flexibility index (Phi) is 3.88. The van der Waals surface area contributed by atoms with E-state index < -0.39 is 11.9 Å². The smallest absolute Gasteiger partial charge is 0.240 e. The lowest BCUT2D eigenvalue weighted by Crippen LogP contribution is -2.47. The van der Waals surface area contributed by atoms with Gasteiger partial charge < -0.3 is 16.4 Å². The molecule has 4 N–H and O–H groups in total. The molecular weight excluding hydrogens is 182 g/mol. The number of likely N-dealkylation sites (tertiary alicyclic amines) is 1. The maximum atomic E-state index is 11.6. The second-order valence-corrected chi connectivity index (χ2v) is 3.66. The van der Waals surface area contributed by atoms with Crippen molar-refractivity contribution >= 4 is 11.8 Å². The summed E-state index contributed by atoms with van der Waals surface area (Å²) in [7, 11) is 0. The molecule has 0 aromatic heterocycles. The first-order valence-electron chi connectivity index (χ1n) is 4.94. The van der Waals surface area contributed by atoms with Gasteiger partial charge in [0.25, 0.3) is 0 Å². The molecule has 1 aliphatic heterocycles. The summed E-state index contributed by atoms with van der Waals surface area (Å²) >= 11 is 0. The van der Waals surface area contributed by atoms with Gasteiger partial charge in [0.2, 0.25) is 11.8 Å². The Balaban J connectivity index is 2.42. The Labute approximate surface area is 83.4 Å². The Hall–Kier alpha value is -1.10. The molecule has 1 saturated heterocycles. The van der Waals surface area contributed by atoms with Gasteiger partial charge in [0.1, 0.15) is 0 Å². The number of nitrogens with zero attached hydrogens (tertiary/aromatic N) is 1. The van der Waals surface area contributed by atoms with E-state index in [1.165, 1.54) is 0 Å². The largest absolute Gasteiger partial charge is 0.370 e. The number of rotatable bonds is 3. The molecule has 0 spiro atoms. The summed E-state index contributed by atoms with van der Waals surface area (Å²) in [4.78, 5) is 23.9. The van der Waals surface area contributed by atoms with Crippen LogP contribution in [-0.2, 0) is 9.59 Å². The third-order valence-corrected chi connectivity index (χ3v) is 2.41. The number of amides is 2. The molecule has 1 rings (SSSR count). The van der Waals surface area contributed by atoms with E-state index in [2.05, 4.69) is 0 Å². The first-order valence-corrected chi connectivity index (χ1v) is 4.94. The minimum absolute atomic E-state index is 0.0602. The van der Waals surface area contributed by atoms with Crippen molar-refractivity contribution in [3.8, 4) is 0 Å². The number of nitrogens with two attached hydrogens (primary N) is 2. The second-order valence-electron chi connectivity index (χ2n) is 3.66. The van der Waals surface area contributed by atoms with Crippen molar-refractivity contribution in [1.82, 2.24) is 4.90 Å². The van der Waals surface area contributed by atoms with Crippen LogP contribution in [-0.4, -0.2) is 35.8 Å². The first kappa shape index (κ1) is 11.0. The molecule has 0 aliphatic carbocycles. The van der Waals surface area contributed by atoms with E-state index >= 15 is 0 Å². The van der Waals surface area contributed by atoms with E-state index in [-0.39, 0.29) is 12.3 Å². The maximum absolute atomic E-state index is 11.6. The lowest BCUT2D eigenvalue weighted by Gasteiger charge is -2.28. The quantitative estimate of drug-likeness (QED) is 0.623. The van der Waals surface area contributed by atoms with E-state index in [4.69, 9.17) is 11.5 Å². The molecule has 1 heterocycles. The molecule has 1 atom stereocenters. The van der Waals surface area contributed by atoms with Crippen molar-refractivity contribution in [3.05, 3.63) is 0 Å². The SMILES string of the molecule is NC(=O)CC(N)C(=O)N1CCCCC1. The molecule has 5 nitrogen and oxygen atoms in total.